The van der Waals surface area contributed by atoms with E-state index >= 15 is 0 Å². The average Bonchev–Trinajstić information content (AvgIpc) is 2.55. The fraction of sp³-hybridized carbons (Fsp3) is 0.0667. The molecule has 2 aromatic rings. The minimum Gasteiger partial charge on any atom is -0.273 e. The van der Waals surface area contributed by atoms with Crippen molar-refractivity contribution < 1.29 is 14.5 Å². The third-order valence-corrected chi connectivity index (χ3v) is 3.58. The van der Waals surface area contributed by atoms with Crippen LogP contribution in [0, 0.1) is 10.1 Å². The van der Waals surface area contributed by atoms with Gasteiger partial charge in [-0.25, -0.2) is 0 Å². The summed E-state index contributed by atoms with van der Waals surface area (Å²) in [4.78, 5) is 33.9. The SMILES string of the molecule is O=C(Cc1ccc(Cl)cc1)NNC(=O)c1cc([N+](=O)[O-])ccc1Cl. The number of carbonyl (C=O) groups excluding carboxylic acids is 2. The quantitative estimate of drug-likeness (QED) is 0.640. The van der Waals surface area contributed by atoms with Gasteiger partial charge in [-0.3, -0.25) is 30.6 Å². The third-order valence-electron chi connectivity index (χ3n) is 3.00. The third kappa shape index (κ3) is 4.68. The van der Waals surface area contributed by atoms with Gasteiger partial charge in [-0.1, -0.05) is 35.3 Å². The van der Waals surface area contributed by atoms with Crippen LogP contribution in [0.1, 0.15) is 15.9 Å². The summed E-state index contributed by atoms with van der Waals surface area (Å²) in [5.74, 6) is -1.22. The summed E-state index contributed by atoms with van der Waals surface area (Å²) in [7, 11) is 0. The first-order valence-electron chi connectivity index (χ1n) is 6.64. The average molecular weight is 368 g/mol. The van der Waals surface area contributed by atoms with Crippen LogP contribution in [-0.2, 0) is 11.2 Å². The van der Waals surface area contributed by atoms with Crippen molar-refractivity contribution >= 4 is 40.7 Å². The van der Waals surface area contributed by atoms with Crippen LogP contribution in [0.2, 0.25) is 10.0 Å². The van der Waals surface area contributed by atoms with Gasteiger partial charge in [0.1, 0.15) is 0 Å². The van der Waals surface area contributed by atoms with Gasteiger partial charge in [0, 0.05) is 17.2 Å². The van der Waals surface area contributed by atoms with Crippen molar-refractivity contribution in [1.29, 1.82) is 0 Å². The lowest BCUT2D eigenvalue weighted by atomic mass is 10.1. The molecule has 0 heterocycles. The van der Waals surface area contributed by atoms with Crippen molar-refractivity contribution in [3.05, 3.63) is 73.8 Å². The van der Waals surface area contributed by atoms with Crippen LogP contribution >= 0.6 is 23.2 Å². The first-order chi connectivity index (χ1) is 11.4. The number of halogens is 2. The summed E-state index contributed by atoms with van der Waals surface area (Å²) in [6.07, 6.45) is 0.0279. The molecule has 9 heteroatoms. The van der Waals surface area contributed by atoms with E-state index in [2.05, 4.69) is 10.9 Å². The van der Waals surface area contributed by atoms with Gasteiger partial charge < -0.3 is 0 Å². The molecule has 0 aliphatic heterocycles. The maximum atomic E-state index is 12.0. The molecule has 0 saturated carbocycles. The monoisotopic (exact) mass is 367 g/mol. The Balaban J connectivity index is 1.97. The number of non-ortho nitro benzene ring substituents is 1. The maximum Gasteiger partial charge on any atom is 0.271 e. The molecule has 2 amide bonds. The molecule has 0 unspecified atom stereocenters. The van der Waals surface area contributed by atoms with Gasteiger partial charge in [0.25, 0.3) is 11.6 Å². The van der Waals surface area contributed by atoms with Gasteiger partial charge in [-0.15, -0.1) is 0 Å². The Kier molecular flexibility index (Phi) is 5.73. The van der Waals surface area contributed by atoms with E-state index in [0.717, 1.165) is 6.07 Å². The van der Waals surface area contributed by atoms with Gasteiger partial charge in [-0.05, 0) is 23.8 Å². The van der Waals surface area contributed by atoms with E-state index in [4.69, 9.17) is 23.2 Å². The normalized spacial score (nSPS) is 10.1. The second kappa shape index (κ2) is 7.76. The zero-order valence-electron chi connectivity index (χ0n) is 12.1. The van der Waals surface area contributed by atoms with Gasteiger partial charge in [0.15, 0.2) is 0 Å². The molecular formula is C15H11Cl2N3O4. The molecule has 0 fully saturated rings. The standard InChI is InChI=1S/C15H11Cl2N3O4/c16-10-3-1-9(2-4-10)7-14(21)18-19-15(22)12-8-11(20(23)24)5-6-13(12)17/h1-6,8H,7H2,(H,18,21)(H,19,22). The highest BCUT2D eigenvalue weighted by atomic mass is 35.5. The number of nitrogens with one attached hydrogen (secondary N) is 2. The molecule has 124 valence electrons. The van der Waals surface area contributed by atoms with E-state index in [0.29, 0.717) is 10.6 Å². The number of benzene rings is 2. The Morgan fingerprint density at radius 3 is 2.33 bits per heavy atom. The second-order valence-corrected chi connectivity index (χ2v) is 5.57. The number of carbonyl (C=O) groups is 2. The van der Waals surface area contributed by atoms with Crippen molar-refractivity contribution in [2.24, 2.45) is 0 Å². The first kappa shape index (κ1) is 17.7. The van der Waals surface area contributed by atoms with E-state index in [1.165, 1.54) is 12.1 Å². The predicted molar refractivity (Wildman–Crippen MR) is 88.9 cm³/mol. The Labute approximate surface area is 146 Å². The predicted octanol–water partition coefficient (Wildman–Crippen LogP) is 2.91. The number of amides is 2. The lowest BCUT2D eigenvalue weighted by Crippen LogP contribution is -2.42. The van der Waals surface area contributed by atoms with Gasteiger partial charge in [-0.2, -0.15) is 0 Å². The molecular weight excluding hydrogens is 357 g/mol. The summed E-state index contributed by atoms with van der Waals surface area (Å²) in [6, 6.07) is 10.1. The number of hydrazine groups is 1. The van der Waals surface area contributed by atoms with Crippen LogP contribution in [0.25, 0.3) is 0 Å². The highest BCUT2D eigenvalue weighted by Gasteiger charge is 2.16. The molecule has 0 aromatic heterocycles. The summed E-state index contributed by atoms with van der Waals surface area (Å²) in [5, 5.41) is 11.3. The fourth-order valence-electron chi connectivity index (χ4n) is 1.83. The van der Waals surface area contributed by atoms with E-state index in [9.17, 15) is 19.7 Å². The number of nitrogens with zero attached hydrogens (tertiary/aromatic N) is 1. The molecule has 0 spiro atoms. The Hall–Kier alpha value is -2.64. The van der Waals surface area contributed by atoms with Gasteiger partial charge in [0.2, 0.25) is 5.91 Å². The van der Waals surface area contributed by atoms with Crippen molar-refractivity contribution in [2.45, 2.75) is 6.42 Å². The first-order valence-corrected chi connectivity index (χ1v) is 7.40. The second-order valence-electron chi connectivity index (χ2n) is 4.73. The van der Waals surface area contributed by atoms with Crippen LogP contribution in [0.4, 0.5) is 5.69 Å². The molecule has 0 radical (unpaired) electrons. The number of rotatable bonds is 4. The van der Waals surface area contributed by atoms with Crippen LogP contribution in [0.3, 0.4) is 0 Å². The number of hydrogen-bond acceptors (Lipinski definition) is 4. The molecule has 24 heavy (non-hydrogen) atoms. The van der Waals surface area contributed by atoms with E-state index in [1.54, 1.807) is 24.3 Å². The molecule has 0 saturated heterocycles. The van der Waals surface area contributed by atoms with Crippen molar-refractivity contribution in [2.75, 3.05) is 0 Å². The molecule has 7 nitrogen and oxygen atoms in total. The smallest absolute Gasteiger partial charge is 0.271 e. The Morgan fingerprint density at radius 1 is 1.04 bits per heavy atom. The van der Waals surface area contributed by atoms with Gasteiger partial charge >= 0.3 is 0 Å². The van der Waals surface area contributed by atoms with Crippen molar-refractivity contribution in [3.63, 3.8) is 0 Å². The van der Waals surface area contributed by atoms with Crippen LogP contribution < -0.4 is 10.9 Å². The summed E-state index contributed by atoms with van der Waals surface area (Å²) >= 11 is 11.6. The highest BCUT2D eigenvalue weighted by Crippen LogP contribution is 2.21. The number of nitro groups is 1. The topological polar surface area (TPSA) is 101 Å². The minimum atomic E-state index is -0.756. The number of hydrogen-bond donors (Lipinski definition) is 2. The highest BCUT2D eigenvalue weighted by molar-refractivity contribution is 6.34. The summed E-state index contributed by atoms with van der Waals surface area (Å²) < 4.78 is 0. The molecule has 2 rings (SSSR count). The lowest BCUT2D eigenvalue weighted by Gasteiger charge is -2.08. The van der Waals surface area contributed by atoms with Crippen LogP contribution in [-0.4, -0.2) is 16.7 Å². The van der Waals surface area contributed by atoms with E-state index in [1.807, 2.05) is 0 Å². The molecule has 0 aliphatic rings. The fourth-order valence-corrected chi connectivity index (χ4v) is 2.16. The molecule has 0 aliphatic carbocycles. The minimum absolute atomic E-state index is 0.0279. The molecule has 0 atom stereocenters. The Bertz CT molecular complexity index is 794. The zero-order chi connectivity index (χ0) is 17.7. The molecule has 2 N–H and O–H groups in total. The number of nitro benzene ring substituents is 1. The summed E-state index contributed by atoms with van der Waals surface area (Å²) in [5.41, 5.74) is 4.70. The molecule has 0 bridgehead atoms. The summed E-state index contributed by atoms with van der Waals surface area (Å²) in [6.45, 7) is 0. The van der Waals surface area contributed by atoms with E-state index in [-0.39, 0.29) is 22.7 Å². The van der Waals surface area contributed by atoms with Crippen LogP contribution in [0.15, 0.2) is 42.5 Å². The lowest BCUT2D eigenvalue weighted by molar-refractivity contribution is -0.384. The molecule has 2 aromatic carbocycles. The van der Waals surface area contributed by atoms with Gasteiger partial charge in [0.05, 0.1) is 21.9 Å². The largest absolute Gasteiger partial charge is 0.273 e. The van der Waals surface area contributed by atoms with E-state index < -0.39 is 16.7 Å². The van der Waals surface area contributed by atoms with Crippen molar-refractivity contribution in [1.82, 2.24) is 10.9 Å². The van der Waals surface area contributed by atoms with Crippen molar-refractivity contribution in [3.8, 4) is 0 Å². The Morgan fingerprint density at radius 2 is 1.71 bits per heavy atom. The van der Waals surface area contributed by atoms with Crippen LogP contribution in [0.5, 0.6) is 0 Å². The maximum absolute atomic E-state index is 12.0. The zero-order valence-corrected chi connectivity index (χ0v) is 13.6.